The molecule has 2 heterocycles. The second kappa shape index (κ2) is 7.17. The second-order valence-corrected chi connectivity index (χ2v) is 5.73. The lowest BCUT2D eigenvalue weighted by atomic mass is 10.2. The van der Waals surface area contributed by atoms with E-state index in [-0.39, 0.29) is 5.91 Å². The molecule has 1 amide bonds. The fourth-order valence-corrected chi connectivity index (χ4v) is 2.55. The number of hydrogen-bond donors (Lipinski definition) is 1. The SMILES string of the molecule is COc1ccc(-n2nc3ccc(NC(=O)C=Cc4ccco4)cc3n2)cc1. The molecule has 4 rings (SSSR count). The van der Waals surface area contributed by atoms with Crippen LogP contribution in [-0.4, -0.2) is 28.0 Å². The molecule has 0 fully saturated rings. The van der Waals surface area contributed by atoms with E-state index in [0.29, 0.717) is 17.0 Å². The summed E-state index contributed by atoms with van der Waals surface area (Å²) < 4.78 is 10.3. The smallest absolute Gasteiger partial charge is 0.248 e. The molecule has 0 aliphatic heterocycles. The lowest BCUT2D eigenvalue weighted by molar-refractivity contribution is -0.111. The van der Waals surface area contributed by atoms with Crippen molar-refractivity contribution in [2.75, 3.05) is 12.4 Å². The number of methoxy groups -OCH3 is 1. The molecule has 0 aliphatic rings. The van der Waals surface area contributed by atoms with Gasteiger partial charge in [-0.25, -0.2) is 0 Å². The Bertz CT molecular complexity index is 1100. The first-order valence-corrected chi connectivity index (χ1v) is 8.25. The Hall–Kier alpha value is -3.87. The third-order valence-electron chi connectivity index (χ3n) is 3.89. The number of carbonyl (C=O) groups is 1. The van der Waals surface area contributed by atoms with E-state index in [0.717, 1.165) is 17.0 Å². The molecule has 7 nitrogen and oxygen atoms in total. The maximum atomic E-state index is 12.0. The van der Waals surface area contributed by atoms with E-state index in [1.807, 2.05) is 30.3 Å². The molecule has 134 valence electrons. The van der Waals surface area contributed by atoms with Crippen LogP contribution < -0.4 is 10.1 Å². The zero-order chi connectivity index (χ0) is 18.6. The third-order valence-corrected chi connectivity index (χ3v) is 3.89. The van der Waals surface area contributed by atoms with Crippen LogP contribution in [0, 0.1) is 0 Å². The predicted octanol–water partition coefficient (Wildman–Crippen LogP) is 3.67. The number of ether oxygens (including phenoxy) is 1. The summed E-state index contributed by atoms with van der Waals surface area (Å²) in [7, 11) is 1.62. The van der Waals surface area contributed by atoms with Crippen molar-refractivity contribution < 1.29 is 13.9 Å². The molecule has 4 aromatic rings. The summed E-state index contributed by atoms with van der Waals surface area (Å²) in [6, 6.07) is 16.4. The van der Waals surface area contributed by atoms with Crippen LogP contribution in [0.3, 0.4) is 0 Å². The zero-order valence-electron chi connectivity index (χ0n) is 14.5. The van der Waals surface area contributed by atoms with Crippen molar-refractivity contribution in [1.82, 2.24) is 15.0 Å². The fraction of sp³-hybridized carbons (Fsp3) is 0.0500. The number of nitrogens with one attached hydrogen (secondary N) is 1. The van der Waals surface area contributed by atoms with Crippen molar-refractivity contribution in [3.8, 4) is 11.4 Å². The van der Waals surface area contributed by atoms with Gasteiger partial charge in [-0.2, -0.15) is 4.80 Å². The molecule has 0 saturated carbocycles. The first-order valence-electron chi connectivity index (χ1n) is 8.25. The Morgan fingerprint density at radius 1 is 1.11 bits per heavy atom. The Morgan fingerprint density at radius 2 is 1.93 bits per heavy atom. The van der Waals surface area contributed by atoms with Gasteiger partial charge in [0.15, 0.2) is 0 Å². The molecule has 1 N–H and O–H groups in total. The number of aromatic nitrogens is 3. The molecule has 0 atom stereocenters. The maximum Gasteiger partial charge on any atom is 0.248 e. The summed E-state index contributed by atoms with van der Waals surface area (Å²) in [5.41, 5.74) is 2.87. The van der Waals surface area contributed by atoms with Crippen molar-refractivity contribution >= 4 is 28.7 Å². The van der Waals surface area contributed by atoms with Crippen LogP contribution in [0.4, 0.5) is 5.69 Å². The molecule has 7 heteroatoms. The van der Waals surface area contributed by atoms with E-state index in [1.54, 1.807) is 48.5 Å². The van der Waals surface area contributed by atoms with Crippen molar-refractivity contribution in [3.63, 3.8) is 0 Å². The van der Waals surface area contributed by atoms with Gasteiger partial charge in [0.25, 0.3) is 0 Å². The van der Waals surface area contributed by atoms with Crippen LogP contribution in [0.15, 0.2) is 71.4 Å². The highest BCUT2D eigenvalue weighted by molar-refractivity contribution is 6.02. The van der Waals surface area contributed by atoms with Crippen molar-refractivity contribution in [2.24, 2.45) is 0 Å². The average molecular weight is 360 g/mol. The van der Waals surface area contributed by atoms with E-state index < -0.39 is 0 Å². The van der Waals surface area contributed by atoms with E-state index in [2.05, 4.69) is 15.5 Å². The predicted molar refractivity (Wildman–Crippen MR) is 102 cm³/mol. The monoisotopic (exact) mass is 360 g/mol. The molecule has 0 aliphatic carbocycles. The standard InChI is InChI=1S/C20H16N4O3/c1-26-16-7-5-15(6-8-16)24-22-18-10-4-14(13-19(18)23-24)21-20(25)11-9-17-3-2-12-27-17/h2-13H,1H3,(H,21,25). The van der Waals surface area contributed by atoms with Gasteiger partial charge < -0.3 is 14.5 Å². The van der Waals surface area contributed by atoms with Crippen molar-refractivity contribution in [3.05, 3.63) is 72.7 Å². The number of rotatable bonds is 5. The summed E-state index contributed by atoms with van der Waals surface area (Å²) in [4.78, 5) is 13.6. The van der Waals surface area contributed by atoms with Crippen LogP contribution in [0.2, 0.25) is 0 Å². The molecule has 0 radical (unpaired) electrons. The zero-order valence-corrected chi connectivity index (χ0v) is 14.5. The van der Waals surface area contributed by atoms with Crippen LogP contribution in [0.5, 0.6) is 5.75 Å². The van der Waals surface area contributed by atoms with Crippen molar-refractivity contribution in [1.29, 1.82) is 0 Å². The molecule has 27 heavy (non-hydrogen) atoms. The molecule has 0 saturated heterocycles. The van der Waals surface area contributed by atoms with E-state index in [1.165, 1.54) is 6.08 Å². The Labute approximate surface area is 154 Å². The molecular weight excluding hydrogens is 344 g/mol. The highest BCUT2D eigenvalue weighted by Gasteiger charge is 2.07. The summed E-state index contributed by atoms with van der Waals surface area (Å²) in [6.07, 6.45) is 4.57. The summed E-state index contributed by atoms with van der Waals surface area (Å²) >= 11 is 0. The summed E-state index contributed by atoms with van der Waals surface area (Å²) in [5, 5.41) is 11.7. The van der Waals surface area contributed by atoms with Gasteiger partial charge in [0.2, 0.25) is 5.91 Å². The minimum atomic E-state index is -0.256. The van der Waals surface area contributed by atoms with Crippen molar-refractivity contribution in [2.45, 2.75) is 0 Å². The third kappa shape index (κ3) is 3.72. The highest BCUT2D eigenvalue weighted by atomic mass is 16.5. The van der Waals surface area contributed by atoms with Gasteiger partial charge in [-0.15, -0.1) is 10.2 Å². The van der Waals surface area contributed by atoms with Gasteiger partial charge in [0, 0.05) is 11.8 Å². The van der Waals surface area contributed by atoms with Crippen LogP contribution in [-0.2, 0) is 4.79 Å². The van der Waals surface area contributed by atoms with Gasteiger partial charge in [0.05, 0.1) is 19.1 Å². The van der Waals surface area contributed by atoms with Crippen LogP contribution in [0.1, 0.15) is 5.76 Å². The fourth-order valence-electron chi connectivity index (χ4n) is 2.55. The Balaban J connectivity index is 1.52. The van der Waals surface area contributed by atoms with E-state index in [4.69, 9.17) is 9.15 Å². The number of benzene rings is 2. The average Bonchev–Trinajstić information content (AvgIpc) is 3.36. The number of nitrogens with zero attached hydrogens (tertiary/aromatic N) is 3. The van der Waals surface area contributed by atoms with Gasteiger partial charge >= 0.3 is 0 Å². The normalized spacial score (nSPS) is 11.1. The lowest BCUT2D eigenvalue weighted by Crippen LogP contribution is -2.07. The molecule has 2 aromatic heterocycles. The summed E-state index contributed by atoms with van der Waals surface area (Å²) in [5.74, 6) is 1.12. The van der Waals surface area contributed by atoms with Crippen LogP contribution in [0.25, 0.3) is 22.8 Å². The second-order valence-electron chi connectivity index (χ2n) is 5.73. The molecule has 0 spiro atoms. The number of anilines is 1. The number of furan rings is 1. The Kier molecular flexibility index (Phi) is 4.40. The topological polar surface area (TPSA) is 82.2 Å². The van der Waals surface area contributed by atoms with E-state index in [9.17, 15) is 4.79 Å². The number of amides is 1. The minimum Gasteiger partial charge on any atom is -0.497 e. The minimum absolute atomic E-state index is 0.256. The van der Waals surface area contributed by atoms with Gasteiger partial charge in [0.1, 0.15) is 22.5 Å². The first kappa shape index (κ1) is 16.6. The lowest BCUT2D eigenvalue weighted by Gasteiger charge is -2.01. The molecular formula is C20H16N4O3. The quantitative estimate of drug-likeness (QED) is 0.549. The molecule has 0 unspecified atom stereocenters. The van der Waals surface area contributed by atoms with Crippen LogP contribution >= 0.6 is 0 Å². The largest absolute Gasteiger partial charge is 0.497 e. The Morgan fingerprint density at radius 3 is 2.67 bits per heavy atom. The molecule has 2 aromatic carbocycles. The highest BCUT2D eigenvalue weighted by Crippen LogP contribution is 2.19. The number of carbonyl (C=O) groups excluding carboxylic acids is 1. The number of fused-ring (bicyclic) bond motifs is 1. The summed E-state index contributed by atoms with van der Waals surface area (Å²) in [6.45, 7) is 0. The number of hydrogen-bond acceptors (Lipinski definition) is 5. The van der Waals surface area contributed by atoms with Gasteiger partial charge in [-0.1, -0.05) is 0 Å². The first-order chi connectivity index (χ1) is 13.2. The van der Waals surface area contributed by atoms with Gasteiger partial charge in [-0.05, 0) is 60.7 Å². The van der Waals surface area contributed by atoms with E-state index >= 15 is 0 Å². The van der Waals surface area contributed by atoms with Gasteiger partial charge in [-0.3, -0.25) is 4.79 Å². The molecule has 0 bridgehead atoms. The maximum absolute atomic E-state index is 12.0.